The number of aliphatic hydroxyl groups excluding tert-OH is 1. The van der Waals surface area contributed by atoms with Crippen LogP contribution < -0.4 is 5.32 Å². The van der Waals surface area contributed by atoms with Crippen LogP contribution in [0.25, 0.3) is 0 Å². The minimum atomic E-state index is -0.393. The number of nitrogens with one attached hydrogen (secondary N) is 1. The Morgan fingerprint density at radius 3 is 2.67 bits per heavy atom. The molecule has 1 heterocycles. The molecular formula is C13H21N3O2. The SMILES string of the molecule is CCC(C)(CCO)NC(=O)c1cc(C)nnc1C. The molecule has 0 aliphatic carbocycles. The van der Waals surface area contributed by atoms with Gasteiger partial charge in [0, 0.05) is 12.1 Å². The summed E-state index contributed by atoms with van der Waals surface area (Å²) in [7, 11) is 0. The van der Waals surface area contributed by atoms with E-state index in [4.69, 9.17) is 5.11 Å². The largest absolute Gasteiger partial charge is 0.396 e. The Hall–Kier alpha value is -1.49. The molecule has 0 spiro atoms. The molecule has 0 bridgehead atoms. The maximum Gasteiger partial charge on any atom is 0.253 e. The molecule has 0 aliphatic heterocycles. The van der Waals surface area contributed by atoms with Crippen LogP contribution in [-0.2, 0) is 0 Å². The highest BCUT2D eigenvalue weighted by Gasteiger charge is 2.25. The number of aryl methyl sites for hydroxylation is 2. The third kappa shape index (κ3) is 3.50. The minimum Gasteiger partial charge on any atom is -0.396 e. The van der Waals surface area contributed by atoms with Crippen molar-refractivity contribution in [3.05, 3.63) is 23.0 Å². The van der Waals surface area contributed by atoms with Crippen LogP contribution in [0.15, 0.2) is 6.07 Å². The van der Waals surface area contributed by atoms with Crippen LogP contribution in [0, 0.1) is 13.8 Å². The monoisotopic (exact) mass is 251 g/mol. The van der Waals surface area contributed by atoms with Crippen LogP contribution in [0.4, 0.5) is 0 Å². The molecule has 2 N–H and O–H groups in total. The number of aromatic nitrogens is 2. The summed E-state index contributed by atoms with van der Waals surface area (Å²) in [4.78, 5) is 12.2. The Bertz CT molecular complexity index is 434. The minimum absolute atomic E-state index is 0.0528. The third-order valence-corrected chi connectivity index (χ3v) is 3.20. The molecule has 1 rings (SSSR count). The predicted molar refractivity (Wildman–Crippen MR) is 69.4 cm³/mol. The molecule has 1 amide bonds. The lowest BCUT2D eigenvalue weighted by atomic mass is 9.94. The summed E-state index contributed by atoms with van der Waals surface area (Å²) < 4.78 is 0. The molecule has 1 aromatic heterocycles. The van der Waals surface area contributed by atoms with Crippen LogP contribution in [0.5, 0.6) is 0 Å². The van der Waals surface area contributed by atoms with Crippen molar-refractivity contribution in [2.45, 2.75) is 46.1 Å². The summed E-state index contributed by atoms with van der Waals surface area (Å²) in [5, 5.41) is 19.8. The van der Waals surface area contributed by atoms with E-state index in [1.807, 2.05) is 13.8 Å². The molecule has 1 atom stereocenters. The molecule has 18 heavy (non-hydrogen) atoms. The van der Waals surface area contributed by atoms with Crippen LogP contribution in [0.1, 0.15) is 48.4 Å². The second-order valence-electron chi connectivity index (χ2n) is 4.83. The molecule has 0 aromatic carbocycles. The van der Waals surface area contributed by atoms with Crippen molar-refractivity contribution < 1.29 is 9.90 Å². The highest BCUT2D eigenvalue weighted by molar-refractivity contribution is 5.95. The summed E-state index contributed by atoms with van der Waals surface area (Å²) in [6.45, 7) is 7.53. The van der Waals surface area contributed by atoms with Crippen molar-refractivity contribution in [1.29, 1.82) is 0 Å². The van der Waals surface area contributed by atoms with E-state index in [-0.39, 0.29) is 12.5 Å². The molecule has 0 fully saturated rings. The number of carbonyl (C=O) groups excluding carboxylic acids is 1. The van der Waals surface area contributed by atoms with Crippen LogP contribution >= 0.6 is 0 Å². The van der Waals surface area contributed by atoms with Crippen LogP contribution in [-0.4, -0.2) is 33.4 Å². The Morgan fingerprint density at radius 1 is 1.44 bits per heavy atom. The fraction of sp³-hybridized carbons (Fsp3) is 0.615. The first-order valence-corrected chi connectivity index (χ1v) is 6.16. The average molecular weight is 251 g/mol. The topological polar surface area (TPSA) is 75.1 Å². The van der Waals surface area contributed by atoms with E-state index in [1.54, 1.807) is 19.9 Å². The van der Waals surface area contributed by atoms with Gasteiger partial charge in [-0.2, -0.15) is 10.2 Å². The van der Waals surface area contributed by atoms with E-state index in [1.165, 1.54) is 0 Å². The molecule has 0 aliphatic rings. The van der Waals surface area contributed by atoms with Gasteiger partial charge in [-0.1, -0.05) is 6.92 Å². The van der Waals surface area contributed by atoms with Gasteiger partial charge in [0.1, 0.15) is 0 Å². The van der Waals surface area contributed by atoms with Crippen molar-refractivity contribution >= 4 is 5.91 Å². The Morgan fingerprint density at radius 2 is 2.11 bits per heavy atom. The van der Waals surface area contributed by atoms with Gasteiger partial charge in [0.2, 0.25) is 0 Å². The Kier molecular flexibility index (Phi) is 4.78. The molecule has 1 aromatic rings. The van der Waals surface area contributed by atoms with Crippen molar-refractivity contribution in [3.63, 3.8) is 0 Å². The fourth-order valence-corrected chi connectivity index (χ4v) is 1.70. The molecule has 0 saturated carbocycles. The molecule has 0 saturated heterocycles. The maximum atomic E-state index is 12.2. The summed E-state index contributed by atoms with van der Waals surface area (Å²) in [5.41, 5.74) is 1.47. The zero-order chi connectivity index (χ0) is 13.8. The second kappa shape index (κ2) is 5.91. The van der Waals surface area contributed by atoms with E-state index < -0.39 is 5.54 Å². The van der Waals surface area contributed by atoms with Crippen molar-refractivity contribution in [3.8, 4) is 0 Å². The van der Waals surface area contributed by atoms with Gasteiger partial charge in [-0.05, 0) is 39.7 Å². The zero-order valence-corrected chi connectivity index (χ0v) is 11.4. The lowest BCUT2D eigenvalue weighted by Crippen LogP contribution is -2.46. The standard InChI is InChI=1S/C13H21N3O2/c1-5-13(4,6-7-17)14-12(18)11-8-9(2)15-16-10(11)3/h8,17H,5-7H2,1-4H3,(H,14,18). The number of hydrogen-bond acceptors (Lipinski definition) is 4. The van der Waals surface area contributed by atoms with Gasteiger partial charge in [-0.3, -0.25) is 4.79 Å². The van der Waals surface area contributed by atoms with E-state index in [9.17, 15) is 4.79 Å². The van der Waals surface area contributed by atoms with E-state index in [0.717, 1.165) is 6.42 Å². The fourth-order valence-electron chi connectivity index (χ4n) is 1.70. The lowest BCUT2D eigenvalue weighted by molar-refractivity contribution is 0.0884. The number of carbonyl (C=O) groups is 1. The van der Waals surface area contributed by atoms with Gasteiger partial charge in [-0.25, -0.2) is 0 Å². The number of aliphatic hydroxyl groups is 1. The highest BCUT2D eigenvalue weighted by Crippen LogP contribution is 2.15. The second-order valence-corrected chi connectivity index (χ2v) is 4.83. The first-order valence-electron chi connectivity index (χ1n) is 6.16. The van der Waals surface area contributed by atoms with E-state index >= 15 is 0 Å². The summed E-state index contributed by atoms with van der Waals surface area (Å²) in [6, 6.07) is 1.73. The lowest BCUT2D eigenvalue weighted by Gasteiger charge is -2.29. The molecule has 5 nitrogen and oxygen atoms in total. The van der Waals surface area contributed by atoms with Crippen molar-refractivity contribution in [2.24, 2.45) is 0 Å². The van der Waals surface area contributed by atoms with Gasteiger partial charge >= 0.3 is 0 Å². The summed E-state index contributed by atoms with van der Waals surface area (Å²) in [5.74, 6) is -0.164. The third-order valence-electron chi connectivity index (χ3n) is 3.20. The number of hydrogen-bond donors (Lipinski definition) is 2. The predicted octanol–water partition coefficient (Wildman–Crippen LogP) is 1.37. The normalized spacial score (nSPS) is 14.1. The highest BCUT2D eigenvalue weighted by atomic mass is 16.3. The average Bonchev–Trinajstić information content (AvgIpc) is 2.32. The summed E-state index contributed by atoms with van der Waals surface area (Å²) in [6.07, 6.45) is 1.29. The zero-order valence-electron chi connectivity index (χ0n) is 11.4. The first-order chi connectivity index (χ1) is 8.41. The van der Waals surface area contributed by atoms with Gasteiger partial charge in [0.25, 0.3) is 5.91 Å². The first kappa shape index (κ1) is 14.6. The Labute approximate surface area is 108 Å². The molecule has 0 radical (unpaired) electrons. The Balaban J connectivity index is 2.90. The summed E-state index contributed by atoms with van der Waals surface area (Å²) >= 11 is 0. The number of nitrogens with zero attached hydrogens (tertiary/aromatic N) is 2. The number of amides is 1. The quantitative estimate of drug-likeness (QED) is 0.829. The molecular weight excluding hydrogens is 230 g/mol. The van der Waals surface area contributed by atoms with Gasteiger partial charge < -0.3 is 10.4 Å². The van der Waals surface area contributed by atoms with Crippen LogP contribution in [0.2, 0.25) is 0 Å². The molecule has 1 unspecified atom stereocenters. The van der Waals surface area contributed by atoms with E-state index in [2.05, 4.69) is 15.5 Å². The number of rotatable bonds is 5. The van der Waals surface area contributed by atoms with E-state index in [0.29, 0.717) is 23.4 Å². The van der Waals surface area contributed by atoms with Gasteiger partial charge in [0.15, 0.2) is 0 Å². The van der Waals surface area contributed by atoms with Crippen molar-refractivity contribution in [2.75, 3.05) is 6.61 Å². The van der Waals surface area contributed by atoms with Gasteiger partial charge in [-0.15, -0.1) is 0 Å². The smallest absolute Gasteiger partial charge is 0.253 e. The van der Waals surface area contributed by atoms with Crippen molar-refractivity contribution in [1.82, 2.24) is 15.5 Å². The maximum absolute atomic E-state index is 12.2. The van der Waals surface area contributed by atoms with Crippen LogP contribution in [0.3, 0.4) is 0 Å². The molecule has 100 valence electrons. The molecule has 5 heteroatoms. The van der Waals surface area contributed by atoms with Gasteiger partial charge in [0.05, 0.1) is 17.0 Å².